The highest BCUT2D eigenvalue weighted by Crippen LogP contribution is 2.18. The molecule has 4 nitrogen and oxygen atoms in total. The quantitative estimate of drug-likeness (QED) is 0.352. The lowest BCUT2D eigenvalue weighted by Gasteiger charge is -2.02. The van der Waals surface area contributed by atoms with Crippen molar-refractivity contribution in [2.75, 3.05) is 13.7 Å². The summed E-state index contributed by atoms with van der Waals surface area (Å²) >= 11 is 0. The lowest BCUT2D eigenvalue weighted by molar-refractivity contribution is -0.138. The first kappa shape index (κ1) is 14.5. The molecule has 0 radical (unpaired) electrons. The fourth-order valence-electron chi connectivity index (χ4n) is 1.40. The Balaban J connectivity index is 2.86. The average Bonchev–Trinajstić information content (AvgIpc) is 2.44. The summed E-state index contributed by atoms with van der Waals surface area (Å²) in [6.07, 6.45) is 4.82. The molecule has 0 spiro atoms. The standard InChI is InChI=1S/C15H15NO3/c1-4-19-15(17)13(16-2)10-7-9-12-8-5-6-11-14(12)18-3/h5-11H,4H2,1,3H3/b9-7+,13-10-. The van der Waals surface area contributed by atoms with Gasteiger partial charge in [-0.25, -0.2) is 4.85 Å². The van der Waals surface area contributed by atoms with Crippen LogP contribution in [0, 0.1) is 6.57 Å². The molecule has 19 heavy (non-hydrogen) atoms. The molecule has 0 aromatic heterocycles. The summed E-state index contributed by atoms with van der Waals surface area (Å²) in [4.78, 5) is 14.5. The number of ether oxygens (including phenoxy) is 2. The summed E-state index contributed by atoms with van der Waals surface area (Å²) in [5, 5.41) is 0. The van der Waals surface area contributed by atoms with Crippen molar-refractivity contribution in [2.24, 2.45) is 0 Å². The summed E-state index contributed by atoms with van der Waals surface area (Å²) in [5.41, 5.74) is 0.822. The van der Waals surface area contributed by atoms with Crippen LogP contribution in [0.1, 0.15) is 12.5 Å². The second-order valence-corrected chi connectivity index (χ2v) is 3.49. The zero-order valence-corrected chi connectivity index (χ0v) is 10.9. The van der Waals surface area contributed by atoms with Gasteiger partial charge in [-0.2, -0.15) is 0 Å². The van der Waals surface area contributed by atoms with Gasteiger partial charge in [-0.05, 0) is 19.1 Å². The van der Waals surface area contributed by atoms with Gasteiger partial charge in [0.2, 0.25) is 0 Å². The van der Waals surface area contributed by atoms with Crippen molar-refractivity contribution in [2.45, 2.75) is 6.92 Å². The fraction of sp³-hybridized carbons (Fsp3) is 0.200. The Labute approximate surface area is 112 Å². The lowest BCUT2D eigenvalue weighted by Crippen LogP contribution is -2.04. The van der Waals surface area contributed by atoms with E-state index in [0.717, 1.165) is 11.3 Å². The summed E-state index contributed by atoms with van der Waals surface area (Å²) in [6.45, 7) is 8.88. The van der Waals surface area contributed by atoms with Gasteiger partial charge in [0.15, 0.2) is 0 Å². The maximum Gasteiger partial charge on any atom is 0.336 e. The number of nitrogens with zero attached hydrogens (tertiary/aromatic N) is 1. The number of para-hydroxylation sites is 1. The minimum atomic E-state index is -0.609. The van der Waals surface area contributed by atoms with Crippen molar-refractivity contribution >= 4 is 12.0 Å². The van der Waals surface area contributed by atoms with Gasteiger partial charge in [-0.1, -0.05) is 30.4 Å². The highest BCUT2D eigenvalue weighted by Gasteiger charge is 2.08. The van der Waals surface area contributed by atoms with Gasteiger partial charge in [0.25, 0.3) is 5.70 Å². The van der Waals surface area contributed by atoms with E-state index in [1.54, 1.807) is 26.2 Å². The van der Waals surface area contributed by atoms with Gasteiger partial charge < -0.3 is 9.47 Å². The van der Waals surface area contributed by atoms with Crippen LogP contribution in [0.25, 0.3) is 10.9 Å². The van der Waals surface area contributed by atoms with Gasteiger partial charge in [0.1, 0.15) is 5.75 Å². The molecule has 0 aliphatic rings. The smallest absolute Gasteiger partial charge is 0.336 e. The molecule has 0 fully saturated rings. The number of hydrogen-bond donors (Lipinski definition) is 0. The molecule has 0 saturated carbocycles. The molecule has 0 aliphatic carbocycles. The number of allylic oxidation sites excluding steroid dienone is 2. The van der Waals surface area contributed by atoms with Crippen LogP contribution >= 0.6 is 0 Å². The van der Waals surface area contributed by atoms with Crippen molar-refractivity contribution in [3.05, 3.63) is 59.1 Å². The molecule has 1 rings (SSSR count). The van der Waals surface area contributed by atoms with E-state index in [1.165, 1.54) is 6.08 Å². The van der Waals surface area contributed by atoms with Crippen LogP contribution in [-0.2, 0) is 9.53 Å². The number of carbonyl (C=O) groups is 1. The van der Waals surface area contributed by atoms with E-state index in [-0.39, 0.29) is 12.3 Å². The Bertz CT molecular complexity index is 539. The van der Waals surface area contributed by atoms with E-state index < -0.39 is 5.97 Å². The third-order valence-electron chi connectivity index (χ3n) is 2.27. The van der Waals surface area contributed by atoms with Crippen molar-refractivity contribution in [1.29, 1.82) is 0 Å². The average molecular weight is 257 g/mol. The lowest BCUT2D eigenvalue weighted by atomic mass is 10.2. The zero-order valence-electron chi connectivity index (χ0n) is 10.9. The fourth-order valence-corrected chi connectivity index (χ4v) is 1.40. The molecule has 0 N–H and O–H groups in total. The number of esters is 1. The number of rotatable bonds is 5. The van der Waals surface area contributed by atoms with Gasteiger partial charge in [-0.15, -0.1) is 0 Å². The molecule has 0 amide bonds. The highest BCUT2D eigenvalue weighted by molar-refractivity contribution is 5.90. The minimum absolute atomic E-state index is 0.0482. The van der Waals surface area contributed by atoms with Crippen LogP contribution in [0.5, 0.6) is 5.75 Å². The molecule has 98 valence electrons. The molecular weight excluding hydrogens is 242 g/mol. The molecule has 0 unspecified atom stereocenters. The Morgan fingerprint density at radius 3 is 2.79 bits per heavy atom. The van der Waals surface area contributed by atoms with E-state index in [2.05, 4.69) is 4.85 Å². The minimum Gasteiger partial charge on any atom is -0.496 e. The maximum atomic E-state index is 11.4. The number of hydrogen-bond acceptors (Lipinski definition) is 3. The van der Waals surface area contributed by atoms with Gasteiger partial charge in [0, 0.05) is 5.56 Å². The van der Waals surface area contributed by atoms with E-state index in [4.69, 9.17) is 16.0 Å². The van der Waals surface area contributed by atoms with Gasteiger partial charge in [-0.3, -0.25) is 4.79 Å². The second-order valence-electron chi connectivity index (χ2n) is 3.49. The Kier molecular flexibility index (Phi) is 5.90. The summed E-state index contributed by atoms with van der Waals surface area (Å²) in [7, 11) is 1.59. The SMILES string of the molecule is [C-]#[N+]/C(=C\C=C\c1ccccc1OC)C(=O)OCC. The Morgan fingerprint density at radius 2 is 2.16 bits per heavy atom. The molecule has 0 bridgehead atoms. The van der Waals surface area contributed by atoms with Crippen molar-refractivity contribution in [3.63, 3.8) is 0 Å². The van der Waals surface area contributed by atoms with E-state index >= 15 is 0 Å². The van der Waals surface area contributed by atoms with E-state index in [0.29, 0.717) is 0 Å². The first-order chi connectivity index (χ1) is 9.22. The molecule has 1 aromatic rings. The largest absolute Gasteiger partial charge is 0.496 e. The maximum absolute atomic E-state index is 11.4. The molecular formula is C15H15NO3. The van der Waals surface area contributed by atoms with Crippen LogP contribution in [0.15, 0.2) is 42.1 Å². The van der Waals surface area contributed by atoms with Gasteiger partial charge >= 0.3 is 5.97 Å². The summed E-state index contributed by atoms with van der Waals surface area (Å²) < 4.78 is 9.95. The topological polar surface area (TPSA) is 39.9 Å². The van der Waals surface area contributed by atoms with Crippen LogP contribution in [0.3, 0.4) is 0 Å². The zero-order chi connectivity index (χ0) is 14.1. The van der Waals surface area contributed by atoms with Crippen LogP contribution in [0.4, 0.5) is 0 Å². The van der Waals surface area contributed by atoms with Crippen LogP contribution in [-0.4, -0.2) is 19.7 Å². The Morgan fingerprint density at radius 1 is 1.42 bits per heavy atom. The molecule has 0 atom stereocenters. The number of carbonyl (C=O) groups excluding carboxylic acids is 1. The van der Waals surface area contributed by atoms with E-state index in [9.17, 15) is 4.79 Å². The summed E-state index contributed by atoms with van der Waals surface area (Å²) in [6, 6.07) is 7.47. The molecule has 4 heteroatoms. The first-order valence-electron chi connectivity index (χ1n) is 5.78. The van der Waals surface area contributed by atoms with Crippen molar-refractivity contribution < 1.29 is 14.3 Å². The monoisotopic (exact) mass is 257 g/mol. The third-order valence-corrected chi connectivity index (χ3v) is 2.27. The molecule has 0 heterocycles. The number of benzene rings is 1. The van der Waals surface area contributed by atoms with Crippen molar-refractivity contribution in [1.82, 2.24) is 0 Å². The highest BCUT2D eigenvalue weighted by atomic mass is 16.5. The molecule has 1 aromatic carbocycles. The van der Waals surface area contributed by atoms with Crippen LogP contribution in [0.2, 0.25) is 0 Å². The predicted octanol–water partition coefficient (Wildman–Crippen LogP) is 3.07. The summed E-state index contributed by atoms with van der Waals surface area (Å²) in [5.74, 6) is 0.120. The molecule has 0 aliphatic heterocycles. The Hall–Kier alpha value is -2.54. The first-order valence-corrected chi connectivity index (χ1v) is 5.78. The van der Waals surface area contributed by atoms with Crippen LogP contribution < -0.4 is 4.74 Å². The predicted molar refractivity (Wildman–Crippen MR) is 73.3 cm³/mol. The second kappa shape index (κ2) is 7.72. The van der Waals surface area contributed by atoms with Gasteiger partial charge in [0.05, 0.1) is 20.3 Å². The van der Waals surface area contributed by atoms with E-state index in [1.807, 2.05) is 24.3 Å². The number of methoxy groups -OCH3 is 1. The third kappa shape index (κ3) is 4.32. The molecule has 0 saturated heterocycles. The normalized spacial score (nSPS) is 11.1. The van der Waals surface area contributed by atoms with Crippen molar-refractivity contribution in [3.8, 4) is 5.75 Å².